The van der Waals surface area contributed by atoms with Crippen LogP contribution in [-0.2, 0) is 0 Å². The van der Waals surface area contributed by atoms with E-state index in [1.54, 1.807) is 41.6 Å². The second-order valence-electron chi connectivity index (χ2n) is 9.17. The van der Waals surface area contributed by atoms with Crippen LogP contribution in [0.15, 0.2) is 48.8 Å². The summed E-state index contributed by atoms with van der Waals surface area (Å²) in [5, 5.41) is 16.9. The van der Waals surface area contributed by atoms with Gasteiger partial charge in [-0.25, -0.2) is 9.18 Å². The monoisotopic (exact) mass is 451 g/mol. The highest BCUT2D eigenvalue weighted by atomic mass is 19.1. The van der Waals surface area contributed by atoms with Crippen LogP contribution in [0.2, 0.25) is 0 Å². The van der Waals surface area contributed by atoms with Crippen molar-refractivity contribution in [3.05, 3.63) is 60.3 Å². The highest BCUT2D eigenvalue weighted by Gasteiger charge is 2.40. The zero-order valence-corrected chi connectivity index (χ0v) is 18.7. The Kier molecular flexibility index (Phi) is 5.88. The van der Waals surface area contributed by atoms with Crippen LogP contribution in [0.25, 0.3) is 22.4 Å². The van der Waals surface area contributed by atoms with E-state index in [1.807, 2.05) is 20.8 Å². The van der Waals surface area contributed by atoms with Gasteiger partial charge in [-0.2, -0.15) is 5.10 Å². The predicted molar refractivity (Wildman–Crippen MR) is 121 cm³/mol. The molecule has 0 aliphatic carbocycles. The number of benzene rings is 1. The molecule has 1 aromatic carbocycles. The summed E-state index contributed by atoms with van der Waals surface area (Å²) < 4.78 is 13.5. The van der Waals surface area contributed by atoms with E-state index < -0.39 is 6.09 Å². The number of pyridine rings is 1. The standard InChI is InChI=1S/C24H26FN5O3/c1-24(2,3)18-14-29(12-13-30(18)23(32)33)22(31)21-19(15-8-10-26-11-9-15)20(27-28-21)16-4-6-17(25)7-5-16/h4-11,18H,12-14H2,1-3H3,(H,27,28)(H,32,33). The van der Waals surface area contributed by atoms with Gasteiger partial charge < -0.3 is 14.9 Å². The molecular formula is C24H26FN5O3. The summed E-state index contributed by atoms with van der Waals surface area (Å²) >= 11 is 0. The Bertz CT molecular complexity index is 1160. The van der Waals surface area contributed by atoms with Crippen LogP contribution in [-0.4, -0.2) is 67.8 Å². The molecule has 4 rings (SSSR count). The van der Waals surface area contributed by atoms with E-state index in [-0.39, 0.29) is 42.8 Å². The van der Waals surface area contributed by atoms with Crippen molar-refractivity contribution < 1.29 is 19.1 Å². The molecule has 1 atom stereocenters. The Hall–Kier alpha value is -3.75. The molecule has 2 N–H and O–H groups in total. The Morgan fingerprint density at radius 3 is 2.33 bits per heavy atom. The van der Waals surface area contributed by atoms with Crippen molar-refractivity contribution in [2.24, 2.45) is 5.41 Å². The first-order valence-corrected chi connectivity index (χ1v) is 10.7. The lowest BCUT2D eigenvalue weighted by Crippen LogP contribution is -2.60. The van der Waals surface area contributed by atoms with E-state index in [0.717, 1.165) is 5.56 Å². The average molecular weight is 452 g/mol. The van der Waals surface area contributed by atoms with Gasteiger partial charge in [0.1, 0.15) is 17.2 Å². The van der Waals surface area contributed by atoms with Crippen LogP contribution in [0.3, 0.4) is 0 Å². The van der Waals surface area contributed by atoms with Crippen LogP contribution < -0.4 is 0 Å². The Morgan fingerprint density at radius 2 is 1.73 bits per heavy atom. The first-order valence-electron chi connectivity index (χ1n) is 10.7. The smallest absolute Gasteiger partial charge is 0.407 e. The van der Waals surface area contributed by atoms with Crippen LogP contribution >= 0.6 is 0 Å². The van der Waals surface area contributed by atoms with E-state index in [0.29, 0.717) is 22.5 Å². The summed E-state index contributed by atoms with van der Waals surface area (Å²) in [6.45, 7) is 6.67. The molecule has 0 bridgehead atoms. The van der Waals surface area contributed by atoms with Crippen molar-refractivity contribution >= 4 is 12.0 Å². The molecule has 2 amide bonds. The third kappa shape index (κ3) is 4.44. The number of aromatic nitrogens is 3. The first-order chi connectivity index (χ1) is 15.7. The first kappa shape index (κ1) is 22.4. The van der Waals surface area contributed by atoms with Crippen LogP contribution in [0.4, 0.5) is 9.18 Å². The molecule has 3 heterocycles. The minimum Gasteiger partial charge on any atom is -0.465 e. The van der Waals surface area contributed by atoms with Crippen LogP contribution in [0.1, 0.15) is 31.3 Å². The number of nitrogens with one attached hydrogen (secondary N) is 1. The molecule has 172 valence electrons. The van der Waals surface area contributed by atoms with E-state index >= 15 is 0 Å². The summed E-state index contributed by atoms with van der Waals surface area (Å²) in [6.07, 6.45) is 2.28. The number of carbonyl (C=O) groups excluding carboxylic acids is 1. The van der Waals surface area contributed by atoms with Crippen molar-refractivity contribution in [1.29, 1.82) is 0 Å². The fourth-order valence-corrected chi connectivity index (χ4v) is 4.21. The highest BCUT2D eigenvalue weighted by molar-refractivity contribution is 6.02. The van der Waals surface area contributed by atoms with Crippen LogP contribution in [0, 0.1) is 11.2 Å². The summed E-state index contributed by atoms with van der Waals surface area (Å²) in [7, 11) is 0. The lowest BCUT2D eigenvalue weighted by molar-refractivity contribution is 0.0195. The number of piperazine rings is 1. The molecule has 1 unspecified atom stereocenters. The summed E-state index contributed by atoms with van der Waals surface area (Å²) in [5.41, 5.74) is 2.50. The molecule has 2 aromatic heterocycles. The molecule has 1 saturated heterocycles. The Labute approximate surface area is 191 Å². The lowest BCUT2D eigenvalue weighted by atomic mass is 9.84. The molecule has 1 aliphatic rings. The molecule has 33 heavy (non-hydrogen) atoms. The molecule has 1 fully saturated rings. The Morgan fingerprint density at radius 1 is 1.06 bits per heavy atom. The summed E-state index contributed by atoms with van der Waals surface area (Å²) in [4.78, 5) is 32.5. The van der Waals surface area contributed by atoms with Gasteiger partial charge in [-0.3, -0.25) is 14.9 Å². The van der Waals surface area contributed by atoms with Gasteiger partial charge in [0.2, 0.25) is 0 Å². The average Bonchev–Trinajstić information content (AvgIpc) is 3.23. The highest BCUT2D eigenvalue weighted by Crippen LogP contribution is 2.35. The van der Waals surface area contributed by atoms with Gasteiger partial charge >= 0.3 is 6.09 Å². The number of hydrogen-bond donors (Lipinski definition) is 2. The Balaban J connectivity index is 1.74. The fraction of sp³-hybridized carbons (Fsp3) is 0.333. The number of amides is 2. The largest absolute Gasteiger partial charge is 0.465 e. The second kappa shape index (κ2) is 8.65. The second-order valence-corrected chi connectivity index (χ2v) is 9.17. The van der Waals surface area contributed by atoms with E-state index in [9.17, 15) is 19.1 Å². The van der Waals surface area contributed by atoms with E-state index in [4.69, 9.17) is 0 Å². The third-order valence-electron chi connectivity index (χ3n) is 5.98. The maximum atomic E-state index is 13.7. The van der Waals surface area contributed by atoms with Crippen molar-refractivity contribution in [3.8, 4) is 22.4 Å². The quantitative estimate of drug-likeness (QED) is 0.623. The normalized spacial score (nSPS) is 16.7. The van der Waals surface area contributed by atoms with Gasteiger partial charge in [0.15, 0.2) is 0 Å². The molecule has 9 heteroatoms. The minimum atomic E-state index is -0.986. The summed E-state index contributed by atoms with van der Waals surface area (Å²) in [5.74, 6) is -0.623. The topological polar surface area (TPSA) is 102 Å². The van der Waals surface area contributed by atoms with Gasteiger partial charge in [0, 0.05) is 43.2 Å². The van der Waals surface area contributed by atoms with E-state index in [1.165, 1.54) is 17.0 Å². The number of nitrogens with zero attached hydrogens (tertiary/aromatic N) is 4. The molecule has 3 aromatic rings. The van der Waals surface area contributed by atoms with Crippen molar-refractivity contribution in [2.45, 2.75) is 26.8 Å². The minimum absolute atomic E-state index is 0.229. The molecule has 0 radical (unpaired) electrons. The van der Waals surface area contributed by atoms with Crippen LogP contribution in [0.5, 0.6) is 0 Å². The molecule has 8 nitrogen and oxygen atoms in total. The van der Waals surface area contributed by atoms with Gasteiger partial charge in [0.05, 0.1) is 6.04 Å². The number of H-pyrrole nitrogens is 1. The van der Waals surface area contributed by atoms with Gasteiger partial charge in [0.25, 0.3) is 5.91 Å². The number of halogens is 1. The number of hydrogen-bond acceptors (Lipinski definition) is 4. The number of rotatable bonds is 3. The maximum absolute atomic E-state index is 13.7. The lowest BCUT2D eigenvalue weighted by Gasteiger charge is -2.45. The summed E-state index contributed by atoms with van der Waals surface area (Å²) in [6, 6.07) is 9.15. The fourth-order valence-electron chi connectivity index (χ4n) is 4.21. The van der Waals surface area contributed by atoms with Gasteiger partial charge in [-0.1, -0.05) is 20.8 Å². The maximum Gasteiger partial charge on any atom is 0.407 e. The van der Waals surface area contributed by atoms with Gasteiger partial charge in [-0.05, 0) is 47.4 Å². The zero-order chi connectivity index (χ0) is 23.8. The molecular weight excluding hydrogens is 425 g/mol. The van der Waals surface area contributed by atoms with Crippen molar-refractivity contribution in [1.82, 2.24) is 25.0 Å². The SMILES string of the molecule is CC(C)(C)C1CN(C(=O)c2[nH]nc(-c3ccc(F)cc3)c2-c2ccncc2)CCN1C(=O)O. The third-order valence-corrected chi connectivity index (χ3v) is 5.98. The molecule has 1 aliphatic heterocycles. The van der Waals surface area contributed by atoms with E-state index in [2.05, 4.69) is 15.2 Å². The number of carboxylic acid groups (broad SMARTS) is 1. The number of aromatic amines is 1. The number of carbonyl (C=O) groups is 2. The van der Waals surface area contributed by atoms with Gasteiger partial charge in [-0.15, -0.1) is 0 Å². The van der Waals surface area contributed by atoms with Crippen molar-refractivity contribution in [3.63, 3.8) is 0 Å². The zero-order valence-electron chi connectivity index (χ0n) is 18.7. The molecule has 0 saturated carbocycles. The predicted octanol–water partition coefficient (Wildman–Crippen LogP) is 4.13. The molecule has 0 spiro atoms. The van der Waals surface area contributed by atoms with Crippen molar-refractivity contribution in [2.75, 3.05) is 19.6 Å².